The molecule has 4 rings (SSSR count). The number of benzene rings is 2. The Balaban J connectivity index is 1.12. The lowest BCUT2D eigenvalue weighted by atomic mass is 9.89. The number of likely N-dealkylation sites (tertiary alicyclic amines) is 2. The summed E-state index contributed by atoms with van der Waals surface area (Å²) in [5.41, 5.74) is 1.35. The van der Waals surface area contributed by atoms with Crippen molar-refractivity contribution in [2.45, 2.75) is 51.9 Å². The van der Waals surface area contributed by atoms with Crippen LogP contribution in [0.3, 0.4) is 0 Å². The van der Waals surface area contributed by atoms with E-state index in [0.717, 1.165) is 56.7 Å². The highest BCUT2D eigenvalue weighted by Gasteiger charge is 2.32. The number of carbonyl (C=O) groups excluding carboxylic acids is 2. The van der Waals surface area contributed by atoms with Crippen LogP contribution in [0, 0.1) is 11.8 Å². The SMILES string of the molecule is CCOc1ccc(CCC2CCN(C(=O)C3CCN(C(=O)CCOc4ccccc4)CC3)CC2)cc1. The minimum atomic E-state index is 0.0509. The summed E-state index contributed by atoms with van der Waals surface area (Å²) in [6, 6.07) is 18.0. The summed E-state index contributed by atoms with van der Waals surface area (Å²) in [5.74, 6) is 2.85. The zero-order valence-electron chi connectivity index (χ0n) is 21.6. The van der Waals surface area contributed by atoms with E-state index in [0.29, 0.717) is 44.5 Å². The van der Waals surface area contributed by atoms with Gasteiger partial charge in [0.25, 0.3) is 0 Å². The molecule has 0 spiro atoms. The van der Waals surface area contributed by atoms with E-state index in [2.05, 4.69) is 29.2 Å². The zero-order chi connectivity index (χ0) is 25.2. The van der Waals surface area contributed by atoms with Gasteiger partial charge in [0.2, 0.25) is 11.8 Å². The molecule has 0 radical (unpaired) electrons. The average Bonchev–Trinajstić information content (AvgIpc) is 2.93. The molecule has 2 aliphatic rings. The van der Waals surface area contributed by atoms with Crippen molar-refractivity contribution in [2.75, 3.05) is 39.4 Å². The van der Waals surface area contributed by atoms with E-state index < -0.39 is 0 Å². The highest BCUT2D eigenvalue weighted by molar-refractivity contribution is 5.80. The van der Waals surface area contributed by atoms with Crippen LogP contribution in [0.4, 0.5) is 0 Å². The van der Waals surface area contributed by atoms with Gasteiger partial charge in [0.15, 0.2) is 0 Å². The van der Waals surface area contributed by atoms with Crippen LogP contribution in [0.2, 0.25) is 0 Å². The highest BCUT2D eigenvalue weighted by atomic mass is 16.5. The number of ether oxygens (including phenoxy) is 2. The Morgan fingerprint density at radius 2 is 1.44 bits per heavy atom. The third-order valence-corrected chi connectivity index (χ3v) is 7.53. The van der Waals surface area contributed by atoms with Gasteiger partial charge in [-0.2, -0.15) is 0 Å². The molecule has 2 amide bonds. The van der Waals surface area contributed by atoms with Crippen LogP contribution in [0.25, 0.3) is 0 Å². The van der Waals surface area contributed by atoms with Crippen LogP contribution in [0.15, 0.2) is 54.6 Å². The maximum Gasteiger partial charge on any atom is 0.225 e. The maximum absolute atomic E-state index is 13.1. The summed E-state index contributed by atoms with van der Waals surface area (Å²) in [4.78, 5) is 29.6. The molecule has 2 fully saturated rings. The first-order chi connectivity index (χ1) is 17.6. The number of hydrogen-bond acceptors (Lipinski definition) is 4. The summed E-state index contributed by atoms with van der Waals surface area (Å²) in [5, 5.41) is 0. The Bertz CT molecular complexity index is 947. The minimum absolute atomic E-state index is 0.0509. The Labute approximate surface area is 215 Å². The molecule has 194 valence electrons. The lowest BCUT2D eigenvalue weighted by Gasteiger charge is -2.37. The van der Waals surface area contributed by atoms with Gasteiger partial charge in [0.05, 0.1) is 19.6 Å². The topological polar surface area (TPSA) is 59.1 Å². The van der Waals surface area contributed by atoms with Crippen LogP contribution < -0.4 is 9.47 Å². The molecule has 36 heavy (non-hydrogen) atoms. The number of amides is 2. The Hall–Kier alpha value is -3.02. The molecule has 0 aliphatic carbocycles. The Kier molecular flexibility index (Phi) is 9.65. The van der Waals surface area contributed by atoms with E-state index in [1.807, 2.05) is 42.2 Å². The minimum Gasteiger partial charge on any atom is -0.494 e. The number of para-hydroxylation sites is 1. The molecule has 0 bridgehead atoms. The van der Waals surface area contributed by atoms with Gasteiger partial charge in [-0.1, -0.05) is 30.3 Å². The van der Waals surface area contributed by atoms with Crippen molar-refractivity contribution < 1.29 is 19.1 Å². The molecule has 0 N–H and O–H groups in total. The van der Waals surface area contributed by atoms with Crippen molar-refractivity contribution >= 4 is 11.8 Å². The largest absolute Gasteiger partial charge is 0.494 e. The van der Waals surface area contributed by atoms with Crippen LogP contribution in [0.1, 0.15) is 51.0 Å². The Morgan fingerprint density at radius 3 is 2.11 bits per heavy atom. The molecule has 0 atom stereocenters. The molecule has 2 heterocycles. The fraction of sp³-hybridized carbons (Fsp3) is 0.533. The monoisotopic (exact) mass is 492 g/mol. The third kappa shape index (κ3) is 7.49. The molecule has 2 aromatic rings. The predicted molar refractivity (Wildman–Crippen MR) is 141 cm³/mol. The van der Waals surface area contributed by atoms with Crippen LogP contribution in [-0.4, -0.2) is 61.0 Å². The molecule has 2 aliphatic heterocycles. The second-order valence-electron chi connectivity index (χ2n) is 9.95. The molecule has 2 aromatic carbocycles. The van der Waals surface area contributed by atoms with Gasteiger partial charge in [0, 0.05) is 32.1 Å². The Morgan fingerprint density at radius 1 is 0.806 bits per heavy atom. The van der Waals surface area contributed by atoms with Gasteiger partial charge < -0.3 is 19.3 Å². The number of carbonyl (C=O) groups is 2. The first kappa shape index (κ1) is 26.1. The molecular weight excluding hydrogens is 452 g/mol. The number of rotatable bonds is 10. The van der Waals surface area contributed by atoms with Crippen molar-refractivity contribution in [3.8, 4) is 11.5 Å². The zero-order valence-corrected chi connectivity index (χ0v) is 21.6. The van der Waals surface area contributed by atoms with Gasteiger partial charge in [-0.25, -0.2) is 0 Å². The van der Waals surface area contributed by atoms with Gasteiger partial charge >= 0.3 is 0 Å². The summed E-state index contributed by atoms with van der Waals surface area (Å²) in [6.45, 7) is 6.14. The smallest absolute Gasteiger partial charge is 0.225 e. The van der Waals surface area contributed by atoms with Gasteiger partial charge in [-0.3, -0.25) is 9.59 Å². The first-order valence-corrected chi connectivity index (χ1v) is 13.6. The van der Waals surface area contributed by atoms with E-state index in [1.54, 1.807) is 0 Å². The van der Waals surface area contributed by atoms with Gasteiger partial charge in [-0.15, -0.1) is 0 Å². The van der Waals surface area contributed by atoms with Crippen molar-refractivity contribution in [3.63, 3.8) is 0 Å². The van der Waals surface area contributed by atoms with Crippen molar-refractivity contribution in [1.82, 2.24) is 9.80 Å². The standard InChI is InChI=1S/C30H40N2O4/c1-2-35-28-12-10-24(11-13-28)8-9-25-14-19-32(20-15-25)30(34)26-16-21-31(22-17-26)29(33)18-23-36-27-6-4-3-5-7-27/h3-7,10-13,25-26H,2,8-9,14-23H2,1H3. The second kappa shape index (κ2) is 13.3. The normalized spacial score (nSPS) is 17.1. The first-order valence-electron chi connectivity index (χ1n) is 13.6. The molecule has 6 heteroatoms. The lowest BCUT2D eigenvalue weighted by molar-refractivity contribution is -0.142. The maximum atomic E-state index is 13.1. The van der Waals surface area contributed by atoms with E-state index in [1.165, 1.54) is 12.0 Å². The number of hydrogen-bond donors (Lipinski definition) is 0. The molecule has 2 saturated heterocycles. The van der Waals surface area contributed by atoms with E-state index in [-0.39, 0.29) is 11.8 Å². The third-order valence-electron chi connectivity index (χ3n) is 7.53. The van der Waals surface area contributed by atoms with E-state index >= 15 is 0 Å². The molecule has 0 aromatic heterocycles. The molecular formula is C30H40N2O4. The van der Waals surface area contributed by atoms with Gasteiger partial charge in [-0.05, 0) is 81.2 Å². The number of piperidine rings is 2. The summed E-state index contributed by atoms with van der Waals surface area (Å²) >= 11 is 0. The fourth-order valence-corrected chi connectivity index (χ4v) is 5.30. The highest BCUT2D eigenvalue weighted by Crippen LogP contribution is 2.27. The van der Waals surface area contributed by atoms with Crippen molar-refractivity contribution in [3.05, 3.63) is 60.2 Å². The average molecular weight is 493 g/mol. The van der Waals surface area contributed by atoms with E-state index in [4.69, 9.17) is 9.47 Å². The van der Waals surface area contributed by atoms with Gasteiger partial charge in [0.1, 0.15) is 11.5 Å². The molecule has 6 nitrogen and oxygen atoms in total. The molecule has 0 unspecified atom stereocenters. The van der Waals surface area contributed by atoms with E-state index in [9.17, 15) is 9.59 Å². The predicted octanol–water partition coefficient (Wildman–Crippen LogP) is 4.96. The fourth-order valence-electron chi connectivity index (χ4n) is 5.30. The number of nitrogens with zero attached hydrogens (tertiary/aromatic N) is 2. The summed E-state index contributed by atoms with van der Waals surface area (Å²) < 4.78 is 11.2. The quantitative estimate of drug-likeness (QED) is 0.470. The molecule has 0 saturated carbocycles. The number of aryl methyl sites for hydroxylation is 1. The summed E-state index contributed by atoms with van der Waals surface area (Å²) in [6.07, 6.45) is 6.32. The second-order valence-corrected chi connectivity index (χ2v) is 9.95. The van der Waals surface area contributed by atoms with Crippen molar-refractivity contribution in [2.24, 2.45) is 11.8 Å². The lowest BCUT2D eigenvalue weighted by Crippen LogP contribution is -2.46. The van der Waals surface area contributed by atoms with Crippen LogP contribution in [-0.2, 0) is 16.0 Å². The summed E-state index contributed by atoms with van der Waals surface area (Å²) in [7, 11) is 0. The van der Waals surface area contributed by atoms with Crippen molar-refractivity contribution in [1.29, 1.82) is 0 Å². The van der Waals surface area contributed by atoms with Crippen LogP contribution in [0.5, 0.6) is 11.5 Å². The van der Waals surface area contributed by atoms with Crippen LogP contribution >= 0.6 is 0 Å².